The van der Waals surface area contributed by atoms with Crippen molar-refractivity contribution in [2.24, 2.45) is 5.92 Å². The summed E-state index contributed by atoms with van der Waals surface area (Å²) in [6.45, 7) is 7.04. The van der Waals surface area contributed by atoms with Crippen molar-refractivity contribution in [1.82, 2.24) is 4.90 Å². The second-order valence-electron chi connectivity index (χ2n) is 5.72. The molecule has 2 amide bonds. The number of hydrogen-bond donors (Lipinski definition) is 1. The number of amides is 2. The van der Waals surface area contributed by atoms with Crippen LogP contribution in [-0.4, -0.2) is 29.8 Å². The predicted molar refractivity (Wildman–Crippen MR) is 79.5 cm³/mol. The Morgan fingerprint density at radius 2 is 1.90 bits per heavy atom. The third-order valence-electron chi connectivity index (χ3n) is 3.85. The molecule has 0 radical (unpaired) electrons. The molecule has 20 heavy (non-hydrogen) atoms. The van der Waals surface area contributed by atoms with Crippen molar-refractivity contribution < 1.29 is 9.59 Å². The third-order valence-corrected chi connectivity index (χ3v) is 3.85. The molecule has 108 valence electrons. The van der Waals surface area contributed by atoms with Crippen LogP contribution >= 0.6 is 0 Å². The zero-order valence-corrected chi connectivity index (χ0v) is 12.3. The fourth-order valence-corrected chi connectivity index (χ4v) is 2.46. The van der Waals surface area contributed by atoms with Crippen molar-refractivity contribution in [3.05, 3.63) is 29.8 Å². The molecule has 0 spiro atoms. The fourth-order valence-electron chi connectivity index (χ4n) is 2.46. The van der Waals surface area contributed by atoms with Crippen molar-refractivity contribution in [1.29, 1.82) is 0 Å². The molecule has 1 aromatic rings. The molecule has 4 nitrogen and oxygen atoms in total. The Morgan fingerprint density at radius 1 is 1.25 bits per heavy atom. The first-order chi connectivity index (χ1) is 9.47. The molecule has 1 N–H and O–H groups in total. The Bertz CT molecular complexity index is 494. The van der Waals surface area contributed by atoms with Crippen molar-refractivity contribution in [3.63, 3.8) is 0 Å². The highest BCUT2D eigenvalue weighted by atomic mass is 16.2. The minimum atomic E-state index is -0.0938. The first kappa shape index (κ1) is 14.6. The maximum atomic E-state index is 12.2. The van der Waals surface area contributed by atoms with Gasteiger partial charge in [0.1, 0.15) is 0 Å². The van der Waals surface area contributed by atoms with Crippen molar-refractivity contribution >= 4 is 17.5 Å². The molecule has 1 heterocycles. The molecular weight excluding hydrogens is 252 g/mol. The van der Waals surface area contributed by atoms with Crippen LogP contribution in [0, 0.1) is 5.92 Å². The maximum Gasteiger partial charge on any atom is 0.229 e. The Labute approximate surface area is 120 Å². The van der Waals surface area contributed by atoms with Gasteiger partial charge in [0.05, 0.1) is 5.92 Å². The standard InChI is InChI=1S/C16H22N2O2/c1-11(2)13-4-6-15(7-5-13)17-16(20)14-8-9-18(10-14)12(3)19/h4-7,11,14H,8-10H2,1-3H3,(H,17,20). The quantitative estimate of drug-likeness (QED) is 0.921. The number of carbonyl (C=O) groups is 2. The Kier molecular flexibility index (Phi) is 4.42. The summed E-state index contributed by atoms with van der Waals surface area (Å²) in [5.41, 5.74) is 2.08. The summed E-state index contributed by atoms with van der Waals surface area (Å²) in [4.78, 5) is 25.1. The van der Waals surface area contributed by atoms with Crippen LogP contribution in [0.15, 0.2) is 24.3 Å². The van der Waals surface area contributed by atoms with Crippen LogP contribution in [0.3, 0.4) is 0 Å². The first-order valence-corrected chi connectivity index (χ1v) is 7.13. The van der Waals surface area contributed by atoms with Crippen LogP contribution in [0.25, 0.3) is 0 Å². The largest absolute Gasteiger partial charge is 0.342 e. The number of benzene rings is 1. The van der Waals surface area contributed by atoms with E-state index in [2.05, 4.69) is 19.2 Å². The van der Waals surface area contributed by atoms with Gasteiger partial charge < -0.3 is 10.2 Å². The van der Waals surface area contributed by atoms with E-state index >= 15 is 0 Å². The number of rotatable bonds is 3. The maximum absolute atomic E-state index is 12.2. The van der Waals surface area contributed by atoms with Gasteiger partial charge in [-0.1, -0.05) is 26.0 Å². The first-order valence-electron chi connectivity index (χ1n) is 7.13. The third kappa shape index (κ3) is 3.38. The van der Waals surface area contributed by atoms with E-state index in [-0.39, 0.29) is 17.7 Å². The van der Waals surface area contributed by atoms with Gasteiger partial charge in [-0.05, 0) is 30.0 Å². The summed E-state index contributed by atoms with van der Waals surface area (Å²) >= 11 is 0. The SMILES string of the molecule is CC(=O)N1CCC(C(=O)Nc2ccc(C(C)C)cc2)C1. The second-order valence-corrected chi connectivity index (χ2v) is 5.72. The minimum Gasteiger partial charge on any atom is -0.342 e. The van der Waals surface area contributed by atoms with Gasteiger partial charge in [-0.25, -0.2) is 0 Å². The molecule has 1 aliphatic heterocycles. The van der Waals surface area contributed by atoms with Crippen molar-refractivity contribution in [2.75, 3.05) is 18.4 Å². The Morgan fingerprint density at radius 3 is 2.40 bits per heavy atom. The van der Waals surface area contributed by atoms with Gasteiger partial charge in [-0.15, -0.1) is 0 Å². The van der Waals surface area contributed by atoms with Crippen LogP contribution < -0.4 is 5.32 Å². The molecule has 1 aromatic carbocycles. The Balaban J connectivity index is 1.93. The van der Waals surface area contributed by atoms with E-state index in [9.17, 15) is 9.59 Å². The summed E-state index contributed by atoms with van der Waals surface area (Å²) in [6, 6.07) is 7.95. The van der Waals surface area contributed by atoms with Gasteiger partial charge >= 0.3 is 0 Å². The molecule has 0 aromatic heterocycles. The number of hydrogen-bond acceptors (Lipinski definition) is 2. The highest BCUT2D eigenvalue weighted by Crippen LogP contribution is 2.20. The van der Waals surface area contributed by atoms with Crippen molar-refractivity contribution in [3.8, 4) is 0 Å². The number of nitrogens with zero attached hydrogens (tertiary/aromatic N) is 1. The topological polar surface area (TPSA) is 49.4 Å². The normalized spacial score (nSPS) is 18.4. The lowest BCUT2D eigenvalue weighted by Gasteiger charge is -2.14. The van der Waals surface area contributed by atoms with Crippen LogP contribution in [0.5, 0.6) is 0 Å². The Hall–Kier alpha value is -1.84. The average molecular weight is 274 g/mol. The van der Waals surface area contributed by atoms with E-state index in [1.54, 1.807) is 11.8 Å². The summed E-state index contributed by atoms with van der Waals surface area (Å²) in [5.74, 6) is 0.440. The summed E-state index contributed by atoms with van der Waals surface area (Å²) < 4.78 is 0. The molecule has 2 rings (SSSR count). The molecule has 1 atom stereocenters. The van der Waals surface area contributed by atoms with E-state index in [1.807, 2.05) is 24.3 Å². The second kappa shape index (κ2) is 6.07. The summed E-state index contributed by atoms with van der Waals surface area (Å²) in [7, 11) is 0. The van der Waals surface area contributed by atoms with E-state index in [1.165, 1.54) is 5.56 Å². The summed E-state index contributed by atoms with van der Waals surface area (Å²) in [5, 5.41) is 2.93. The van der Waals surface area contributed by atoms with E-state index in [4.69, 9.17) is 0 Å². The molecule has 0 saturated carbocycles. The number of nitrogens with one attached hydrogen (secondary N) is 1. The highest BCUT2D eigenvalue weighted by molar-refractivity contribution is 5.93. The van der Waals surface area contributed by atoms with E-state index in [0.29, 0.717) is 19.0 Å². The smallest absolute Gasteiger partial charge is 0.229 e. The van der Waals surface area contributed by atoms with E-state index < -0.39 is 0 Å². The van der Waals surface area contributed by atoms with Crippen LogP contribution in [0.2, 0.25) is 0 Å². The molecule has 0 aliphatic carbocycles. The van der Waals surface area contributed by atoms with Crippen LogP contribution in [-0.2, 0) is 9.59 Å². The lowest BCUT2D eigenvalue weighted by molar-refractivity contribution is -0.128. The van der Waals surface area contributed by atoms with Gasteiger partial charge in [0.2, 0.25) is 11.8 Å². The zero-order chi connectivity index (χ0) is 14.7. The minimum absolute atomic E-state index is 0.00560. The summed E-state index contributed by atoms with van der Waals surface area (Å²) in [6.07, 6.45) is 0.746. The lowest BCUT2D eigenvalue weighted by Crippen LogP contribution is -2.29. The van der Waals surface area contributed by atoms with Gasteiger partial charge in [0.15, 0.2) is 0 Å². The molecular formula is C16H22N2O2. The predicted octanol–water partition coefficient (Wildman–Crippen LogP) is 2.62. The van der Waals surface area contributed by atoms with Crippen LogP contribution in [0.1, 0.15) is 38.7 Å². The molecule has 0 bridgehead atoms. The number of carbonyl (C=O) groups excluding carboxylic acids is 2. The van der Waals surface area contributed by atoms with E-state index in [0.717, 1.165) is 12.1 Å². The number of likely N-dealkylation sites (tertiary alicyclic amines) is 1. The molecule has 1 unspecified atom stereocenters. The lowest BCUT2D eigenvalue weighted by atomic mass is 10.0. The molecule has 1 saturated heterocycles. The van der Waals surface area contributed by atoms with Gasteiger partial charge in [0.25, 0.3) is 0 Å². The van der Waals surface area contributed by atoms with Gasteiger partial charge in [0, 0.05) is 25.7 Å². The molecule has 1 aliphatic rings. The number of anilines is 1. The molecule has 4 heteroatoms. The average Bonchev–Trinajstić information content (AvgIpc) is 2.89. The monoisotopic (exact) mass is 274 g/mol. The van der Waals surface area contributed by atoms with Crippen LogP contribution in [0.4, 0.5) is 5.69 Å². The molecule has 1 fully saturated rings. The van der Waals surface area contributed by atoms with Crippen molar-refractivity contribution in [2.45, 2.75) is 33.1 Å². The zero-order valence-electron chi connectivity index (χ0n) is 12.3. The van der Waals surface area contributed by atoms with Gasteiger partial charge in [-0.2, -0.15) is 0 Å². The van der Waals surface area contributed by atoms with Gasteiger partial charge in [-0.3, -0.25) is 9.59 Å². The fraction of sp³-hybridized carbons (Fsp3) is 0.500. The highest BCUT2D eigenvalue weighted by Gasteiger charge is 2.29.